The van der Waals surface area contributed by atoms with Crippen molar-refractivity contribution in [3.8, 4) is 0 Å². The molecule has 0 aromatic carbocycles. The third-order valence-electron chi connectivity index (χ3n) is 3.47. The van der Waals surface area contributed by atoms with Crippen LogP contribution in [-0.4, -0.2) is 29.1 Å². The summed E-state index contributed by atoms with van der Waals surface area (Å²) in [5, 5.41) is 9.90. The smallest absolute Gasteiger partial charge is 0.330 e. The molecule has 1 saturated carbocycles. The topological polar surface area (TPSA) is 55.8 Å². The molecule has 1 aliphatic carbocycles. The molecular formula is C12H18O4. The minimum atomic E-state index is -1.09. The second-order valence-corrected chi connectivity index (χ2v) is 5.04. The molecule has 4 nitrogen and oxygen atoms in total. The Bertz CT molecular complexity index is 310. The van der Waals surface area contributed by atoms with E-state index in [1.54, 1.807) is 6.92 Å². The zero-order valence-electron chi connectivity index (χ0n) is 9.68. The van der Waals surface area contributed by atoms with Crippen LogP contribution < -0.4 is 0 Å². The molecule has 0 aromatic rings. The van der Waals surface area contributed by atoms with Crippen LogP contribution in [0.15, 0.2) is 12.7 Å². The van der Waals surface area contributed by atoms with E-state index in [1.807, 2.05) is 0 Å². The molecule has 1 saturated heterocycles. The fourth-order valence-electron chi connectivity index (χ4n) is 2.89. The summed E-state index contributed by atoms with van der Waals surface area (Å²) in [5.41, 5.74) is 0. The van der Waals surface area contributed by atoms with E-state index in [9.17, 15) is 9.90 Å². The fraction of sp³-hybridized carbons (Fsp3) is 0.750. The van der Waals surface area contributed by atoms with Crippen LogP contribution >= 0.6 is 0 Å². The Balaban J connectivity index is 2.12. The molecule has 4 heteroatoms. The van der Waals surface area contributed by atoms with E-state index in [0.717, 1.165) is 12.5 Å². The van der Waals surface area contributed by atoms with Crippen LogP contribution in [-0.2, 0) is 14.3 Å². The van der Waals surface area contributed by atoms with Gasteiger partial charge in [-0.1, -0.05) is 13.5 Å². The number of rotatable bonds is 2. The zero-order valence-corrected chi connectivity index (χ0v) is 9.68. The first-order valence-corrected chi connectivity index (χ1v) is 5.66. The van der Waals surface area contributed by atoms with Gasteiger partial charge < -0.3 is 14.6 Å². The third-order valence-corrected chi connectivity index (χ3v) is 3.47. The molecule has 2 fully saturated rings. The molecule has 1 N–H and O–H groups in total. The molecule has 1 heterocycles. The van der Waals surface area contributed by atoms with Gasteiger partial charge >= 0.3 is 5.97 Å². The van der Waals surface area contributed by atoms with Gasteiger partial charge in [0.05, 0.1) is 0 Å². The van der Waals surface area contributed by atoms with Gasteiger partial charge in [-0.3, -0.25) is 0 Å². The second-order valence-electron chi connectivity index (χ2n) is 5.04. The lowest BCUT2D eigenvalue weighted by Crippen LogP contribution is -2.48. The predicted octanol–water partition coefficient (Wildman–Crippen LogP) is 1.24. The van der Waals surface area contributed by atoms with Crippen LogP contribution in [0.3, 0.4) is 0 Å². The number of esters is 1. The van der Waals surface area contributed by atoms with Crippen molar-refractivity contribution >= 4 is 5.97 Å². The standard InChI is InChI=1S/C12H18O4/c1-4-9(13)15-11-8-5-7(2)10(11)16-12(3,14)6-8/h4,7-8,10-11,14H,1,5-6H2,2-3H3. The Morgan fingerprint density at radius 2 is 2.38 bits per heavy atom. The Morgan fingerprint density at radius 3 is 2.94 bits per heavy atom. The van der Waals surface area contributed by atoms with Gasteiger partial charge in [0.1, 0.15) is 12.2 Å². The summed E-state index contributed by atoms with van der Waals surface area (Å²) in [4.78, 5) is 11.2. The average molecular weight is 226 g/mol. The van der Waals surface area contributed by atoms with E-state index in [-0.39, 0.29) is 18.1 Å². The largest absolute Gasteiger partial charge is 0.456 e. The Morgan fingerprint density at radius 1 is 1.69 bits per heavy atom. The van der Waals surface area contributed by atoms with Gasteiger partial charge in [-0.25, -0.2) is 4.79 Å². The van der Waals surface area contributed by atoms with Crippen molar-refractivity contribution in [3.05, 3.63) is 12.7 Å². The predicted molar refractivity (Wildman–Crippen MR) is 57.5 cm³/mol. The minimum Gasteiger partial charge on any atom is -0.456 e. The molecule has 2 bridgehead atoms. The first-order valence-electron chi connectivity index (χ1n) is 5.66. The maximum Gasteiger partial charge on any atom is 0.330 e. The number of ether oxygens (including phenoxy) is 2. The summed E-state index contributed by atoms with van der Waals surface area (Å²) in [5.74, 6) is -1.01. The summed E-state index contributed by atoms with van der Waals surface area (Å²) in [7, 11) is 0. The lowest BCUT2D eigenvalue weighted by molar-refractivity contribution is -0.272. The van der Waals surface area contributed by atoms with Gasteiger partial charge in [0.25, 0.3) is 0 Å². The van der Waals surface area contributed by atoms with E-state index >= 15 is 0 Å². The van der Waals surface area contributed by atoms with Crippen molar-refractivity contribution in [2.45, 2.75) is 44.7 Å². The molecule has 0 spiro atoms. The lowest BCUT2D eigenvalue weighted by atomic mass is 9.93. The minimum absolute atomic E-state index is 0.188. The van der Waals surface area contributed by atoms with Crippen LogP contribution in [0, 0.1) is 11.8 Å². The molecule has 2 aliphatic rings. The Hall–Kier alpha value is -0.870. The highest BCUT2D eigenvalue weighted by Gasteiger charge is 2.53. The van der Waals surface area contributed by atoms with E-state index in [1.165, 1.54) is 0 Å². The zero-order chi connectivity index (χ0) is 11.9. The lowest BCUT2D eigenvalue weighted by Gasteiger charge is -2.39. The second kappa shape index (κ2) is 3.86. The van der Waals surface area contributed by atoms with E-state index in [2.05, 4.69) is 13.5 Å². The molecular weight excluding hydrogens is 208 g/mol. The number of fused-ring (bicyclic) bond motifs is 2. The SMILES string of the molecule is C=CC(=O)OC1C2CC(C)C1OC(C)(O)C2. The first-order chi connectivity index (χ1) is 7.43. The molecule has 5 unspecified atom stereocenters. The molecule has 0 amide bonds. The highest BCUT2D eigenvalue weighted by molar-refractivity contribution is 5.81. The van der Waals surface area contributed by atoms with Crippen LogP contribution in [0.1, 0.15) is 26.7 Å². The van der Waals surface area contributed by atoms with E-state index < -0.39 is 11.8 Å². The molecule has 2 rings (SSSR count). The maximum atomic E-state index is 11.2. The van der Waals surface area contributed by atoms with Gasteiger partial charge in [-0.15, -0.1) is 0 Å². The van der Waals surface area contributed by atoms with E-state index in [0.29, 0.717) is 12.3 Å². The third kappa shape index (κ3) is 1.99. The normalized spacial score (nSPS) is 46.4. The first kappa shape index (κ1) is 11.6. The summed E-state index contributed by atoms with van der Waals surface area (Å²) >= 11 is 0. The van der Waals surface area contributed by atoms with Crippen LogP contribution in [0.4, 0.5) is 0 Å². The van der Waals surface area contributed by atoms with Crippen LogP contribution in [0.2, 0.25) is 0 Å². The molecule has 90 valence electrons. The molecule has 0 radical (unpaired) electrons. The Labute approximate surface area is 95.2 Å². The molecule has 5 atom stereocenters. The summed E-state index contributed by atoms with van der Waals surface area (Å²) in [6, 6.07) is 0. The number of aliphatic hydroxyl groups is 1. The van der Waals surface area contributed by atoms with Crippen LogP contribution in [0.5, 0.6) is 0 Å². The number of carbonyl (C=O) groups is 1. The molecule has 16 heavy (non-hydrogen) atoms. The van der Waals surface area contributed by atoms with Crippen LogP contribution in [0.25, 0.3) is 0 Å². The number of hydrogen-bond acceptors (Lipinski definition) is 4. The highest BCUT2D eigenvalue weighted by atomic mass is 16.7. The van der Waals surface area contributed by atoms with Crippen molar-refractivity contribution in [3.63, 3.8) is 0 Å². The highest BCUT2D eigenvalue weighted by Crippen LogP contribution is 2.46. The quantitative estimate of drug-likeness (QED) is 0.568. The van der Waals surface area contributed by atoms with E-state index in [4.69, 9.17) is 9.47 Å². The Kier molecular flexibility index (Phi) is 2.80. The summed E-state index contributed by atoms with van der Waals surface area (Å²) in [6.45, 7) is 7.10. The van der Waals surface area contributed by atoms with Gasteiger partial charge in [-0.2, -0.15) is 0 Å². The molecule has 1 aliphatic heterocycles. The fourth-order valence-corrected chi connectivity index (χ4v) is 2.89. The van der Waals surface area contributed by atoms with Gasteiger partial charge in [0, 0.05) is 18.4 Å². The number of carbonyl (C=O) groups excluding carboxylic acids is 1. The average Bonchev–Trinajstić information content (AvgIpc) is 2.38. The summed E-state index contributed by atoms with van der Waals surface area (Å²) in [6.07, 6.45) is 2.17. The molecule has 0 aromatic heterocycles. The number of hydrogen-bond donors (Lipinski definition) is 1. The maximum absolute atomic E-state index is 11.2. The van der Waals surface area contributed by atoms with Gasteiger partial charge in [-0.05, 0) is 19.3 Å². The van der Waals surface area contributed by atoms with Crippen molar-refractivity contribution in [1.82, 2.24) is 0 Å². The van der Waals surface area contributed by atoms with Crippen molar-refractivity contribution in [2.75, 3.05) is 0 Å². The van der Waals surface area contributed by atoms with Crippen molar-refractivity contribution < 1.29 is 19.4 Å². The monoisotopic (exact) mass is 226 g/mol. The van der Waals surface area contributed by atoms with Crippen molar-refractivity contribution in [1.29, 1.82) is 0 Å². The van der Waals surface area contributed by atoms with Gasteiger partial charge in [0.15, 0.2) is 5.79 Å². The summed E-state index contributed by atoms with van der Waals surface area (Å²) < 4.78 is 10.9. The van der Waals surface area contributed by atoms with Gasteiger partial charge in [0.2, 0.25) is 0 Å². The van der Waals surface area contributed by atoms with Crippen molar-refractivity contribution in [2.24, 2.45) is 11.8 Å².